The summed E-state index contributed by atoms with van der Waals surface area (Å²) in [7, 11) is 0. The molecule has 2 aromatic rings. The van der Waals surface area contributed by atoms with Crippen molar-refractivity contribution in [3.8, 4) is 0 Å². The number of nitrogens with zero attached hydrogens (tertiary/aromatic N) is 2. The summed E-state index contributed by atoms with van der Waals surface area (Å²) in [6.07, 6.45) is 2.31. The Balaban J connectivity index is 2.17. The van der Waals surface area contributed by atoms with E-state index < -0.39 is 0 Å². The lowest BCUT2D eigenvalue weighted by Crippen LogP contribution is -2.07. The molecule has 112 valence electrons. The zero-order chi connectivity index (χ0) is 15.2. The zero-order valence-corrected chi connectivity index (χ0v) is 13.3. The number of benzene rings is 1. The van der Waals surface area contributed by atoms with E-state index in [2.05, 4.69) is 53.5 Å². The van der Waals surface area contributed by atoms with Crippen molar-refractivity contribution in [1.29, 1.82) is 0 Å². The molecule has 1 aromatic heterocycles. The normalized spacial score (nSPS) is 10.5. The smallest absolute Gasteiger partial charge is 0.229 e. The number of hydrogen-bond acceptors (Lipinski definition) is 4. The minimum absolute atomic E-state index is 0.641. The Labute approximate surface area is 127 Å². The summed E-state index contributed by atoms with van der Waals surface area (Å²) in [5, 5.41) is 6.67. The first-order chi connectivity index (χ1) is 10.1. The van der Waals surface area contributed by atoms with E-state index in [1.807, 2.05) is 19.1 Å². The van der Waals surface area contributed by atoms with E-state index in [9.17, 15) is 0 Å². The minimum Gasteiger partial charge on any atom is -0.370 e. The van der Waals surface area contributed by atoms with E-state index in [0.29, 0.717) is 5.95 Å². The van der Waals surface area contributed by atoms with Gasteiger partial charge in [0, 0.05) is 24.0 Å². The van der Waals surface area contributed by atoms with Gasteiger partial charge in [-0.25, -0.2) is 4.98 Å². The van der Waals surface area contributed by atoms with Gasteiger partial charge >= 0.3 is 0 Å². The van der Waals surface area contributed by atoms with Crippen LogP contribution in [0.5, 0.6) is 0 Å². The highest BCUT2D eigenvalue weighted by Crippen LogP contribution is 2.21. The van der Waals surface area contributed by atoms with Gasteiger partial charge in [-0.2, -0.15) is 4.98 Å². The summed E-state index contributed by atoms with van der Waals surface area (Å²) >= 11 is 0. The predicted octanol–water partition coefficient (Wildman–Crippen LogP) is 4.36. The Morgan fingerprint density at radius 1 is 1.10 bits per heavy atom. The lowest BCUT2D eigenvalue weighted by molar-refractivity contribution is 0.830. The van der Waals surface area contributed by atoms with E-state index in [0.717, 1.165) is 30.2 Å². The van der Waals surface area contributed by atoms with Gasteiger partial charge in [0.15, 0.2) is 0 Å². The Hall–Kier alpha value is -2.10. The molecular weight excluding hydrogens is 260 g/mol. The highest BCUT2D eigenvalue weighted by Gasteiger charge is 2.05. The van der Waals surface area contributed by atoms with Crippen LogP contribution in [0.4, 0.5) is 17.5 Å². The van der Waals surface area contributed by atoms with Gasteiger partial charge in [-0.3, -0.25) is 0 Å². The zero-order valence-electron chi connectivity index (χ0n) is 13.3. The van der Waals surface area contributed by atoms with E-state index in [4.69, 9.17) is 0 Å². The molecule has 0 atom stereocenters. The van der Waals surface area contributed by atoms with Gasteiger partial charge in [0.25, 0.3) is 0 Å². The van der Waals surface area contributed by atoms with Gasteiger partial charge in [-0.05, 0) is 44.4 Å². The molecule has 0 spiro atoms. The number of rotatable bonds is 6. The summed E-state index contributed by atoms with van der Waals surface area (Å²) in [6, 6.07) is 8.18. The molecular formula is C17H24N4. The number of nitrogens with one attached hydrogen (secondary N) is 2. The molecule has 0 saturated carbocycles. The molecule has 0 fully saturated rings. The maximum atomic E-state index is 4.54. The number of unbranched alkanes of at least 4 members (excludes halogenated alkanes) is 1. The molecule has 0 aliphatic heterocycles. The summed E-state index contributed by atoms with van der Waals surface area (Å²) in [5.41, 5.74) is 4.49. The fourth-order valence-corrected chi connectivity index (χ4v) is 2.12. The molecule has 2 rings (SSSR count). The van der Waals surface area contributed by atoms with E-state index in [1.54, 1.807) is 0 Å². The third-order valence-corrected chi connectivity index (χ3v) is 3.54. The van der Waals surface area contributed by atoms with Crippen molar-refractivity contribution in [2.75, 3.05) is 17.2 Å². The van der Waals surface area contributed by atoms with Crippen LogP contribution in [0.2, 0.25) is 0 Å². The van der Waals surface area contributed by atoms with Gasteiger partial charge in [0.05, 0.1) is 0 Å². The molecule has 0 unspecified atom stereocenters. The topological polar surface area (TPSA) is 49.8 Å². The van der Waals surface area contributed by atoms with Crippen LogP contribution in [-0.4, -0.2) is 16.5 Å². The van der Waals surface area contributed by atoms with E-state index >= 15 is 0 Å². The molecule has 0 saturated heterocycles. The monoisotopic (exact) mass is 284 g/mol. The third kappa shape index (κ3) is 4.18. The maximum absolute atomic E-state index is 4.54. The Morgan fingerprint density at radius 3 is 2.67 bits per heavy atom. The van der Waals surface area contributed by atoms with Crippen LogP contribution in [0.15, 0.2) is 24.3 Å². The molecule has 1 aromatic carbocycles. The molecule has 2 N–H and O–H groups in total. The number of hydrogen-bond donors (Lipinski definition) is 2. The van der Waals surface area contributed by atoms with Crippen LogP contribution in [0.3, 0.4) is 0 Å². The van der Waals surface area contributed by atoms with Crippen molar-refractivity contribution in [3.63, 3.8) is 0 Å². The van der Waals surface area contributed by atoms with Crippen LogP contribution < -0.4 is 10.6 Å². The van der Waals surface area contributed by atoms with E-state index in [1.165, 1.54) is 17.5 Å². The lowest BCUT2D eigenvalue weighted by atomic mass is 10.1. The Morgan fingerprint density at radius 2 is 1.90 bits per heavy atom. The Kier molecular flexibility index (Phi) is 5.14. The van der Waals surface area contributed by atoms with E-state index in [-0.39, 0.29) is 0 Å². The molecule has 4 heteroatoms. The highest BCUT2D eigenvalue weighted by atomic mass is 15.1. The molecule has 0 radical (unpaired) electrons. The van der Waals surface area contributed by atoms with Crippen LogP contribution in [0.1, 0.15) is 36.6 Å². The van der Waals surface area contributed by atoms with Gasteiger partial charge in [0.1, 0.15) is 5.82 Å². The average molecular weight is 284 g/mol. The number of anilines is 3. The van der Waals surface area contributed by atoms with Crippen LogP contribution in [0, 0.1) is 20.8 Å². The summed E-state index contributed by atoms with van der Waals surface area (Å²) in [4.78, 5) is 9.00. The summed E-state index contributed by atoms with van der Waals surface area (Å²) in [6.45, 7) is 9.32. The van der Waals surface area contributed by atoms with Crippen LogP contribution in [-0.2, 0) is 0 Å². The summed E-state index contributed by atoms with van der Waals surface area (Å²) in [5.74, 6) is 1.52. The first-order valence-corrected chi connectivity index (χ1v) is 7.53. The van der Waals surface area contributed by atoms with Crippen molar-refractivity contribution in [2.45, 2.75) is 40.5 Å². The third-order valence-electron chi connectivity index (χ3n) is 3.54. The van der Waals surface area contributed by atoms with Gasteiger partial charge < -0.3 is 10.6 Å². The first-order valence-electron chi connectivity index (χ1n) is 7.53. The standard InChI is InChI=1S/C17H24N4/c1-5-6-10-18-16-11-13(3)19-17(21-16)20-15-9-7-8-12(2)14(15)4/h7-9,11H,5-6,10H2,1-4H3,(H2,18,19,20,21). The van der Waals surface area contributed by atoms with Crippen LogP contribution in [0.25, 0.3) is 0 Å². The largest absolute Gasteiger partial charge is 0.370 e. The second kappa shape index (κ2) is 7.07. The molecule has 0 aliphatic carbocycles. The predicted molar refractivity (Wildman–Crippen MR) is 89.4 cm³/mol. The SMILES string of the molecule is CCCCNc1cc(C)nc(Nc2cccc(C)c2C)n1. The molecule has 4 nitrogen and oxygen atoms in total. The second-order valence-electron chi connectivity index (χ2n) is 5.37. The van der Waals surface area contributed by atoms with Crippen molar-refractivity contribution >= 4 is 17.5 Å². The molecule has 1 heterocycles. The van der Waals surface area contributed by atoms with Crippen molar-refractivity contribution < 1.29 is 0 Å². The van der Waals surface area contributed by atoms with Crippen molar-refractivity contribution in [1.82, 2.24) is 9.97 Å². The fraction of sp³-hybridized carbons (Fsp3) is 0.412. The number of aryl methyl sites for hydroxylation is 2. The first kappa shape index (κ1) is 15.3. The Bertz CT molecular complexity index is 608. The minimum atomic E-state index is 0.641. The molecule has 0 aliphatic rings. The quantitative estimate of drug-likeness (QED) is 0.774. The van der Waals surface area contributed by atoms with Gasteiger partial charge in [-0.1, -0.05) is 25.5 Å². The molecule has 21 heavy (non-hydrogen) atoms. The molecule has 0 bridgehead atoms. The van der Waals surface area contributed by atoms with Crippen molar-refractivity contribution in [2.24, 2.45) is 0 Å². The maximum Gasteiger partial charge on any atom is 0.229 e. The average Bonchev–Trinajstić information content (AvgIpc) is 2.44. The second-order valence-corrected chi connectivity index (χ2v) is 5.37. The van der Waals surface area contributed by atoms with Crippen LogP contribution >= 0.6 is 0 Å². The van der Waals surface area contributed by atoms with Crippen molar-refractivity contribution in [3.05, 3.63) is 41.1 Å². The number of aromatic nitrogens is 2. The van der Waals surface area contributed by atoms with Gasteiger partial charge in [0.2, 0.25) is 5.95 Å². The fourth-order valence-electron chi connectivity index (χ4n) is 2.12. The van der Waals surface area contributed by atoms with Gasteiger partial charge in [-0.15, -0.1) is 0 Å². The molecule has 0 amide bonds. The lowest BCUT2D eigenvalue weighted by Gasteiger charge is -2.12. The highest BCUT2D eigenvalue weighted by molar-refractivity contribution is 5.61. The summed E-state index contributed by atoms with van der Waals surface area (Å²) < 4.78 is 0.